The highest BCUT2D eigenvalue weighted by Crippen LogP contribution is 2.29. The van der Waals surface area contributed by atoms with E-state index in [-0.39, 0.29) is 18.4 Å². The highest BCUT2D eigenvalue weighted by molar-refractivity contribution is 6.31. The van der Waals surface area contributed by atoms with Crippen LogP contribution in [0.15, 0.2) is 60.7 Å². The minimum atomic E-state index is -0.424. The van der Waals surface area contributed by atoms with Gasteiger partial charge in [0, 0.05) is 34.9 Å². The molecule has 0 radical (unpaired) electrons. The van der Waals surface area contributed by atoms with Gasteiger partial charge in [-0.2, -0.15) is 0 Å². The summed E-state index contributed by atoms with van der Waals surface area (Å²) in [5.74, 6) is -0.0752. The summed E-state index contributed by atoms with van der Waals surface area (Å²) in [6.45, 7) is 1.02. The van der Waals surface area contributed by atoms with E-state index >= 15 is 0 Å². The van der Waals surface area contributed by atoms with E-state index in [0.29, 0.717) is 58.4 Å². The zero-order chi connectivity index (χ0) is 25.4. The number of ether oxygens (including phenoxy) is 2. The third-order valence-electron chi connectivity index (χ3n) is 5.32. The van der Waals surface area contributed by atoms with Crippen LogP contribution in [0.5, 0.6) is 11.5 Å². The number of carbonyl (C=O) groups excluding carboxylic acids is 2. The van der Waals surface area contributed by atoms with E-state index in [9.17, 15) is 14.0 Å². The second-order valence-electron chi connectivity index (χ2n) is 7.71. The number of hydrogen-bond acceptors (Lipinski definition) is 5. The number of amides is 2. The van der Waals surface area contributed by atoms with Crippen molar-refractivity contribution < 1.29 is 23.5 Å². The molecule has 9 heteroatoms. The lowest BCUT2D eigenvalue weighted by Gasteiger charge is -2.24. The van der Waals surface area contributed by atoms with E-state index in [1.54, 1.807) is 41.3 Å². The SMILES string of the molecule is COc1ccc(C(=O)N(CCCN)Cc2cc(NC(=O)c3ccc(F)cc3)ccc2Cl)cc1OC. The summed E-state index contributed by atoms with van der Waals surface area (Å²) in [7, 11) is 3.03. The molecule has 0 fully saturated rings. The Labute approximate surface area is 208 Å². The van der Waals surface area contributed by atoms with Crippen molar-refractivity contribution in [3.63, 3.8) is 0 Å². The lowest BCUT2D eigenvalue weighted by atomic mass is 10.1. The molecule has 0 spiro atoms. The standard InChI is InChI=1S/C26H27ClFN3O4/c1-34-23-11-6-18(15-24(23)35-2)26(33)31(13-3-12-29)16-19-14-21(9-10-22(19)27)30-25(32)17-4-7-20(28)8-5-17/h4-11,14-15H,3,12-13,16,29H2,1-2H3,(H,30,32). The molecule has 3 aromatic carbocycles. The van der Waals surface area contributed by atoms with Crippen LogP contribution in [0.25, 0.3) is 0 Å². The molecule has 0 saturated carbocycles. The number of benzene rings is 3. The van der Waals surface area contributed by atoms with Crippen molar-refractivity contribution in [1.82, 2.24) is 4.90 Å². The molecule has 0 atom stereocenters. The Morgan fingerprint density at radius 1 is 0.971 bits per heavy atom. The quantitative estimate of drug-likeness (QED) is 0.420. The molecular weight excluding hydrogens is 473 g/mol. The van der Waals surface area contributed by atoms with Crippen molar-refractivity contribution in [2.75, 3.05) is 32.6 Å². The zero-order valence-electron chi connectivity index (χ0n) is 19.5. The zero-order valence-corrected chi connectivity index (χ0v) is 20.3. The van der Waals surface area contributed by atoms with Crippen molar-refractivity contribution in [2.24, 2.45) is 5.73 Å². The van der Waals surface area contributed by atoms with E-state index in [2.05, 4.69) is 5.32 Å². The highest BCUT2D eigenvalue weighted by atomic mass is 35.5. The minimum absolute atomic E-state index is 0.201. The van der Waals surface area contributed by atoms with Crippen molar-refractivity contribution in [3.05, 3.63) is 88.2 Å². The van der Waals surface area contributed by atoms with E-state index in [1.807, 2.05) is 0 Å². The molecule has 0 aliphatic heterocycles. The number of rotatable bonds is 10. The van der Waals surface area contributed by atoms with E-state index in [1.165, 1.54) is 38.5 Å². The fraction of sp³-hybridized carbons (Fsp3) is 0.231. The largest absolute Gasteiger partial charge is 0.493 e. The van der Waals surface area contributed by atoms with Crippen LogP contribution in [0.3, 0.4) is 0 Å². The van der Waals surface area contributed by atoms with E-state index < -0.39 is 5.82 Å². The van der Waals surface area contributed by atoms with Crippen molar-refractivity contribution in [3.8, 4) is 11.5 Å². The number of nitrogens with two attached hydrogens (primary N) is 1. The smallest absolute Gasteiger partial charge is 0.255 e. The van der Waals surface area contributed by atoms with Crippen LogP contribution in [0.4, 0.5) is 10.1 Å². The maximum absolute atomic E-state index is 13.4. The van der Waals surface area contributed by atoms with Crippen LogP contribution < -0.4 is 20.5 Å². The molecule has 2 amide bonds. The summed E-state index contributed by atoms with van der Waals surface area (Å²) in [6.07, 6.45) is 0.595. The first-order chi connectivity index (χ1) is 16.9. The molecule has 3 N–H and O–H groups in total. The summed E-state index contributed by atoms with van der Waals surface area (Å²) in [6, 6.07) is 15.2. The Hall–Kier alpha value is -3.62. The van der Waals surface area contributed by atoms with Gasteiger partial charge in [-0.1, -0.05) is 11.6 Å². The predicted octanol–water partition coefficient (Wildman–Crippen LogP) is 4.74. The first-order valence-electron chi connectivity index (χ1n) is 10.9. The van der Waals surface area contributed by atoms with Gasteiger partial charge < -0.3 is 25.4 Å². The molecular formula is C26H27ClFN3O4. The van der Waals surface area contributed by atoms with Crippen LogP contribution in [0.2, 0.25) is 5.02 Å². The number of nitrogens with zero attached hydrogens (tertiary/aromatic N) is 1. The maximum atomic E-state index is 13.4. The van der Waals surface area contributed by atoms with Gasteiger partial charge in [0.1, 0.15) is 5.82 Å². The van der Waals surface area contributed by atoms with E-state index in [0.717, 1.165) is 0 Å². The summed E-state index contributed by atoms with van der Waals surface area (Å²) in [5, 5.41) is 3.22. The van der Waals surface area contributed by atoms with Crippen LogP contribution in [-0.2, 0) is 6.54 Å². The summed E-state index contributed by atoms with van der Waals surface area (Å²) in [4.78, 5) is 27.5. The molecule has 0 saturated heterocycles. The Kier molecular flexibility index (Phi) is 9.05. The summed E-state index contributed by atoms with van der Waals surface area (Å²) < 4.78 is 23.7. The van der Waals surface area contributed by atoms with Crippen LogP contribution in [0.1, 0.15) is 32.7 Å². The van der Waals surface area contributed by atoms with Gasteiger partial charge in [-0.15, -0.1) is 0 Å². The molecule has 0 aliphatic carbocycles. The average molecular weight is 500 g/mol. The number of methoxy groups -OCH3 is 2. The third-order valence-corrected chi connectivity index (χ3v) is 5.69. The monoisotopic (exact) mass is 499 g/mol. The van der Waals surface area contributed by atoms with E-state index in [4.69, 9.17) is 26.8 Å². The maximum Gasteiger partial charge on any atom is 0.255 e. The molecule has 0 aromatic heterocycles. The third kappa shape index (κ3) is 6.71. The van der Waals surface area contributed by atoms with Gasteiger partial charge in [0.25, 0.3) is 11.8 Å². The van der Waals surface area contributed by atoms with Crippen molar-refractivity contribution in [1.29, 1.82) is 0 Å². The van der Waals surface area contributed by atoms with Crippen molar-refractivity contribution in [2.45, 2.75) is 13.0 Å². The summed E-state index contributed by atoms with van der Waals surface area (Å²) in [5.41, 5.74) is 7.58. The molecule has 3 aromatic rings. The Morgan fingerprint density at radius 3 is 2.31 bits per heavy atom. The van der Waals surface area contributed by atoms with Gasteiger partial charge in [0.15, 0.2) is 11.5 Å². The average Bonchev–Trinajstić information content (AvgIpc) is 2.87. The number of carbonyl (C=O) groups is 2. The molecule has 0 bridgehead atoms. The van der Waals surface area contributed by atoms with Gasteiger partial charge in [-0.05, 0) is 79.2 Å². The Balaban J connectivity index is 1.83. The second kappa shape index (κ2) is 12.2. The van der Waals surface area contributed by atoms with Crippen LogP contribution in [0, 0.1) is 5.82 Å². The number of nitrogens with one attached hydrogen (secondary N) is 1. The molecule has 0 unspecified atom stereocenters. The van der Waals surface area contributed by atoms with Gasteiger partial charge in [-0.25, -0.2) is 4.39 Å². The highest BCUT2D eigenvalue weighted by Gasteiger charge is 2.19. The predicted molar refractivity (Wildman–Crippen MR) is 134 cm³/mol. The lowest BCUT2D eigenvalue weighted by molar-refractivity contribution is 0.0741. The van der Waals surface area contributed by atoms with Gasteiger partial charge in [-0.3, -0.25) is 9.59 Å². The fourth-order valence-corrected chi connectivity index (χ4v) is 3.65. The molecule has 0 heterocycles. The number of hydrogen-bond donors (Lipinski definition) is 2. The molecule has 0 aliphatic rings. The van der Waals surface area contributed by atoms with Gasteiger partial charge >= 0.3 is 0 Å². The Bertz CT molecular complexity index is 1190. The molecule has 3 rings (SSSR count). The summed E-state index contributed by atoms with van der Waals surface area (Å²) >= 11 is 6.43. The number of halogens is 2. The molecule has 35 heavy (non-hydrogen) atoms. The first kappa shape index (κ1) is 26.0. The number of anilines is 1. The normalized spacial score (nSPS) is 10.5. The first-order valence-corrected chi connectivity index (χ1v) is 11.3. The minimum Gasteiger partial charge on any atom is -0.493 e. The van der Waals surface area contributed by atoms with Crippen molar-refractivity contribution >= 4 is 29.1 Å². The molecule has 184 valence electrons. The fourth-order valence-electron chi connectivity index (χ4n) is 3.47. The molecule has 7 nitrogen and oxygen atoms in total. The topological polar surface area (TPSA) is 93.9 Å². The second-order valence-corrected chi connectivity index (χ2v) is 8.11. The van der Waals surface area contributed by atoms with Crippen LogP contribution in [-0.4, -0.2) is 44.0 Å². The van der Waals surface area contributed by atoms with Crippen LogP contribution >= 0.6 is 11.6 Å². The lowest BCUT2D eigenvalue weighted by Crippen LogP contribution is -2.32. The van der Waals surface area contributed by atoms with Gasteiger partial charge in [0.2, 0.25) is 0 Å². The Morgan fingerprint density at radius 2 is 1.66 bits per heavy atom. The van der Waals surface area contributed by atoms with Gasteiger partial charge in [0.05, 0.1) is 14.2 Å².